The van der Waals surface area contributed by atoms with Gasteiger partial charge >= 0.3 is 194 Å². The molecule has 0 radical (unpaired) electrons. The number of ether oxygens (including phenoxy) is 2. The standard InChI is InChI=1S/2C15H13O2.Fe/c2*1-17-14-9-6-12(7-10-14)8-11-15(16)13-4-2-3-5-13;/h2*2-11H,1H3;. The molecule has 8 unspecified atom stereocenters. The van der Waals surface area contributed by atoms with Gasteiger partial charge in [0.2, 0.25) is 0 Å². The summed E-state index contributed by atoms with van der Waals surface area (Å²) >= 11 is 0. The van der Waals surface area contributed by atoms with Crippen molar-refractivity contribution >= 4 is 23.7 Å². The molecule has 35 heavy (non-hydrogen) atoms. The van der Waals surface area contributed by atoms with Crippen molar-refractivity contribution in [2.75, 3.05) is 14.2 Å². The first-order valence-electron chi connectivity index (χ1n) is 12.7. The van der Waals surface area contributed by atoms with E-state index in [0.717, 1.165) is 41.9 Å². The van der Waals surface area contributed by atoms with Crippen LogP contribution in [-0.2, 0) is 16.1 Å². The summed E-state index contributed by atoms with van der Waals surface area (Å²) in [6.45, 7) is -4.18. The Morgan fingerprint density at radius 3 is 1.29 bits per heavy atom. The third-order valence-electron chi connectivity index (χ3n) is 18.7. The van der Waals surface area contributed by atoms with Crippen LogP contribution in [0.4, 0.5) is 0 Å². The van der Waals surface area contributed by atoms with Gasteiger partial charge in [-0.1, -0.05) is 0 Å². The van der Waals surface area contributed by atoms with Gasteiger partial charge < -0.3 is 0 Å². The molecular formula is C30H26FeO4. The molecule has 2 aromatic rings. The van der Waals surface area contributed by atoms with Crippen LogP contribution in [0, 0.1) is 0 Å². The Kier molecular flexibility index (Phi) is 1.15. The number of hydrogen-bond donors (Lipinski definition) is 0. The normalized spacial score (nSPS) is 66.0. The fourth-order valence-electron chi connectivity index (χ4n) is 19.9. The van der Waals surface area contributed by atoms with Gasteiger partial charge in [-0.2, -0.15) is 0 Å². The Morgan fingerprint density at radius 1 is 0.657 bits per heavy atom. The van der Waals surface area contributed by atoms with Crippen LogP contribution in [0.5, 0.6) is 11.5 Å². The number of carbonyl (C=O) groups excluding carboxylic acids is 2. The molecule has 0 aliphatic carbocycles. The zero-order valence-electron chi connectivity index (χ0n) is 19.5. The number of benzene rings is 2. The monoisotopic (exact) mass is 506 g/mol. The summed E-state index contributed by atoms with van der Waals surface area (Å²) in [5.41, 5.74) is 2.08. The first-order chi connectivity index (χ1) is 16.8. The van der Waals surface area contributed by atoms with Gasteiger partial charge in [0, 0.05) is 0 Å². The van der Waals surface area contributed by atoms with E-state index in [2.05, 4.69) is 0 Å². The van der Waals surface area contributed by atoms with Crippen LogP contribution in [0.1, 0.15) is 11.1 Å². The van der Waals surface area contributed by atoms with Crippen LogP contribution in [0.15, 0.2) is 60.7 Å². The fourth-order valence-corrected chi connectivity index (χ4v) is 95.4. The minimum atomic E-state index is -4.18. The third-order valence-corrected chi connectivity index (χ3v) is 61.3. The predicted octanol–water partition coefficient (Wildman–Crippen LogP) is 6.70. The zero-order chi connectivity index (χ0) is 23.3. The SMILES string of the molecule is COc1ccc(C=CC(=O)[C]23[CH]4[CH]5[CH]6[CH]2[Fe]56432789[CH]3[CH]2[CH]7[C]8(C(=O)C=Cc2ccc(OC)cc2)[CH]39)cc1. The van der Waals surface area contributed by atoms with E-state index in [1.807, 2.05) is 72.8 Å². The van der Waals surface area contributed by atoms with E-state index in [-0.39, 0.29) is 8.63 Å². The quantitative estimate of drug-likeness (QED) is 0.296. The van der Waals surface area contributed by atoms with Crippen molar-refractivity contribution in [1.29, 1.82) is 0 Å². The van der Waals surface area contributed by atoms with Gasteiger partial charge in [-0.3, -0.25) is 0 Å². The van der Waals surface area contributed by atoms with E-state index in [4.69, 9.17) is 9.47 Å². The molecule has 10 fully saturated rings. The fraction of sp³-hybridized carbons (Fsp3) is 0.400. The van der Waals surface area contributed by atoms with Crippen LogP contribution >= 0.6 is 0 Å². The molecular weight excluding hydrogens is 480 g/mol. The Bertz CT molecular complexity index is 1810. The molecule has 10 heterocycles. The molecule has 0 amide bonds. The Labute approximate surface area is 193 Å². The maximum absolute atomic E-state index is 14.1. The Balaban J connectivity index is 0.959. The van der Waals surface area contributed by atoms with Gasteiger partial charge in [-0.25, -0.2) is 0 Å². The van der Waals surface area contributed by atoms with E-state index in [1.165, 1.54) is 0 Å². The number of ketones is 2. The van der Waals surface area contributed by atoms with Gasteiger partial charge in [0.15, 0.2) is 0 Å². The molecule has 4 nitrogen and oxygen atoms in total. The number of carbonyl (C=O) groups is 2. The van der Waals surface area contributed by atoms with Gasteiger partial charge in [-0.05, 0) is 0 Å². The van der Waals surface area contributed by atoms with E-state index < -0.39 is 6.51 Å². The molecule has 10 aliphatic rings. The topological polar surface area (TPSA) is 52.6 Å². The first-order valence-corrected chi connectivity index (χ1v) is 18.9. The van der Waals surface area contributed by atoms with Crippen LogP contribution in [0.2, 0.25) is 47.2 Å². The molecule has 0 N–H and O–H groups in total. The van der Waals surface area contributed by atoms with Crippen LogP contribution < -0.4 is 9.47 Å². The average molecular weight is 506 g/mol. The van der Waals surface area contributed by atoms with Crippen molar-refractivity contribution in [3.63, 3.8) is 0 Å². The molecule has 0 aromatic heterocycles. The van der Waals surface area contributed by atoms with E-state index in [0.29, 0.717) is 30.8 Å². The molecule has 5 heteroatoms. The summed E-state index contributed by atoms with van der Waals surface area (Å²) in [5.74, 6) is 2.50. The molecule has 0 saturated carbocycles. The minimum absolute atomic E-state index is 0.000976. The molecule has 8 atom stereocenters. The van der Waals surface area contributed by atoms with Gasteiger partial charge in [0.05, 0.1) is 0 Å². The number of methoxy groups -OCH3 is 2. The second-order valence-corrected chi connectivity index (χ2v) is 37.9. The Hall–Kier alpha value is -2.62. The molecule has 178 valence electrons. The van der Waals surface area contributed by atoms with Crippen molar-refractivity contribution in [3.8, 4) is 11.5 Å². The van der Waals surface area contributed by atoms with Crippen molar-refractivity contribution < 1.29 is 25.6 Å². The van der Waals surface area contributed by atoms with Crippen molar-refractivity contribution in [1.82, 2.24) is 0 Å². The van der Waals surface area contributed by atoms with Crippen LogP contribution in [0.25, 0.3) is 12.2 Å². The van der Waals surface area contributed by atoms with Crippen LogP contribution in [0.3, 0.4) is 0 Å². The molecule has 10 aliphatic heterocycles. The second-order valence-electron chi connectivity index (χ2n) is 14.7. The average Bonchev–Trinajstić information content (AvgIpc) is 3.84. The molecule has 10 saturated heterocycles. The van der Waals surface area contributed by atoms with Crippen molar-refractivity contribution in [3.05, 3.63) is 71.8 Å². The number of rotatable bonds is 8. The van der Waals surface area contributed by atoms with Crippen molar-refractivity contribution in [2.24, 2.45) is 0 Å². The summed E-state index contributed by atoms with van der Waals surface area (Å²) in [6.07, 6.45) is 7.83. The number of allylic oxidation sites excluding steroid dienone is 2. The van der Waals surface area contributed by atoms with E-state index in [9.17, 15) is 9.59 Å². The van der Waals surface area contributed by atoms with Gasteiger partial charge in [0.25, 0.3) is 0 Å². The molecule has 0 bridgehead atoms. The number of hydrogen-bond acceptors (Lipinski definition) is 4. The van der Waals surface area contributed by atoms with Crippen molar-refractivity contribution in [2.45, 2.75) is 47.2 Å². The second kappa shape index (κ2) is 2.38. The molecule has 1 spiro atoms. The third kappa shape index (κ3) is 0.373. The van der Waals surface area contributed by atoms with E-state index >= 15 is 0 Å². The van der Waals surface area contributed by atoms with Gasteiger partial charge in [-0.15, -0.1) is 0 Å². The molecule has 12 rings (SSSR count). The number of fused-ring (bicyclic) bond motifs is 10. The summed E-state index contributed by atoms with van der Waals surface area (Å²) in [6, 6.07) is 15.8. The molecule has 2 aromatic carbocycles. The Morgan fingerprint density at radius 2 is 1.00 bits per heavy atom. The first kappa shape index (κ1) is 16.9. The predicted molar refractivity (Wildman–Crippen MR) is 129 cm³/mol. The maximum atomic E-state index is 14.1. The van der Waals surface area contributed by atoms with Crippen LogP contribution in [-0.4, -0.2) is 25.8 Å². The zero-order valence-corrected chi connectivity index (χ0v) is 20.6. The summed E-state index contributed by atoms with van der Waals surface area (Å²) in [4.78, 5) is 34.6. The summed E-state index contributed by atoms with van der Waals surface area (Å²) in [7, 11) is 3.33. The van der Waals surface area contributed by atoms with E-state index in [1.54, 1.807) is 14.2 Å². The summed E-state index contributed by atoms with van der Waals surface area (Å²) in [5, 5.41) is 0. The summed E-state index contributed by atoms with van der Waals surface area (Å²) < 4.78 is 10.5. The van der Waals surface area contributed by atoms with Gasteiger partial charge in [0.1, 0.15) is 0 Å².